The molecule has 1 N–H and O–H groups in total. The summed E-state index contributed by atoms with van der Waals surface area (Å²) in [4.78, 5) is 23.7. The van der Waals surface area contributed by atoms with E-state index in [1.165, 1.54) is 6.08 Å². The van der Waals surface area contributed by atoms with Crippen molar-refractivity contribution in [2.24, 2.45) is 0 Å². The highest BCUT2D eigenvalue weighted by atomic mass is 16.7. The first-order valence-corrected chi connectivity index (χ1v) is 9.23. The lowest BCUT2D eigenvalue weighted by atomic mass is 10.1. The molecule has 1 aromatic rings. The molecular weight excluding hydrogens is 346 g/mol. The van der Waals surface area contributed by atoms with Crippen LogP contribution >= 0.6 is 0 Å². The molecule has 27 heavy (non-hydrogen) atoms. The Kier molecular flexibility index (Phi) is 9.75. The Morgan fingerprint density at radius 1 is 1.07 bits per heavy atom. The maximum Gasteiger partial charge on any atom is 0.331 e. The molecule has 6 heteroatoms. The summed E-state index contributed by atoms with van der Waals surface area (Å²) in [5.41, 5.74) is 1.23. The van der Waals surface area contributed by atoms with Gasteiger partial charge in [0.25, 0.3) is 0 Å². The van der Waals surface area contributed by atoms with E-state index in [0.29, 0.717) is 19.8 Å². The number of hydrogen-bond donors (Lipinski definition) is 1. The number of hydrogen-bond acceptors (Lipinski definition) is 5. The van der Waals surface area contributed by atoms with E-state index in [1.807, 2.05) is 58.9 Å². The van der Waals surface area contributed by atoms with Gasteiger partial charge in [0.2, 0.25) is 5.91 Å². The van der Waals surface area contributed by atoms with Gasteiger partial charge >= 0.3 is 5.97 Å². The van der Waals surface area contributed by atoms with Crippen molar-refractivity contribution < 1.29 is 23.8 Å². The highest BCUT2D eigenvalue weighted by molar-refractivity contribution is 5.87. The zero-order valence-corrected chi connectivity index (χ0v) is 16.9. The van der Waals surface area contributed by atoms with Gasteiger partial charge in [0.1, 0.15) is 5.60 Å². The summed E-state index contributed by atoms with van der Waals surface area (Å²) in [5.74, 6) is -0.486. The van der Waals surface area contributed by atoms with E-state index in [1.54, 1.807) is 6.08 Å². The van der Waals surface area contributed by atoms with E-state index >= 15 is 0 Å². The second-order valence-corrected chi connectivity index (χ2v) is 6.93. The van der Waals surface area contributed by atoms with Gasteiger partial charge in [-0.2, -0.15) is 0 Å². The summed E-state index contributed by atoms with van der Waals surface area (Å²) in [6.07, 6.45) is 2.92. The summed E-state index contributed by atoms with van der Waals surface area (Å²) in [6.45, 7) is 10.6. The van der Waals surface area contributed by atoms with Crippen molar-refractivity contribution in [3.8, 4) is 0 Å². The van der Waals surface area contributed by atoms with Crippen LogP contribution in [0.1, 0.15) is 45.7 Å². The van der Waals surface area contributed by atoms with Crippen LogP contribution in [0, 0.1) is 0 Å². The van der Waals surface area contributed by atoms with Gasteiger partial charge < -0.3 is 19.5 Å². The summed E-state index contributed by atoms with van der Waals surface area (Å²) in [7, 11) is 0. The number of carbonyl (C=O) groups is 2. The number of amides is 1. The highest BCUT2D eigenvalue weighted by Gasteiger charge is 2.14. The van der Waals surface area contributed by atoms with Gasteiger partial charge in [-0.15, -0.1) is 0 Å². The second kappa shape index (κ2) is 11.5. The van der Waals surface area contributed by atoms with Crippen molar-refractivity contribution in [3.05, 3.63) is 41.5 Å². The Hall–Kier alpha value is -2.18. The Labute approximate surface area is 161 Å². The number of ether oxygens (including phenoxy) is 3. The van der Waals surface area contributed by atoms with Gasteiger partial charge in [-0.05, 0) is 51.8 Å². The molecule has 0 aliphatic heterocycles. The number of benzene rings is 1. The molecule has 1 rings (SSSR count). The first kappa shape index (κ1) is 22.9. The molecule has 0 saturated carbocycles. The third-order valence-corrected chi connectivity index (χ3v) is 3.33. The van der Waals surface area contributed by atoms with Crippen molar-refractivity contribution in [1.82, 2.24) is 5.32 Å². The largest absolute Gasteiger partial charge is 0.457 e. The molecule has 0 fully saturated rings. The lowest BCUT2D eigenvalue weighted by Crippen LogP contribution is -2.36. The predicted molar refractivity (Wildman–Crippen MR) is 105 cm³/mol. The van der Waals surface area contributed by atoms with E-state index in [-0.39, 0.29) is 18.3 Å². The van der Waals surface area contributed by atoms with Crippen molar-refractivity contribution in [1.29, 1.82) is 0 Å². The van der Waals surface area contributed by atoms with Crippen LogP contribution in [0.2, 0.25) is 0 Å². The van der Waals surface area contributed by atoms with E-state index in [0.717, 1.165) is 11.1 Å². The summed E-state index contributed by atoms with van der Waals surface area (Å²) < 4.78 is 16.0. The monoisotopic (exact) mass is 377 g/mol. The van der Waals surface area contributed by atoms with Gasteiger partial charge in [0.05, 0.1) is 13.0 Å². The molecule has 0 aliphatic rings. The lowest BCUT2D eigenvalue weighted by molar-refractivity contribution is -0.148. The maximum absolute atomic E-state index is 12.1. The minimum Gasteiger partial charge on any atom is -0.457 e. The first-order chi connectivity index (χ1) is 12.7. The van der Waals surface area contributed by atoms with E-state index in [9.17, 15) is 9.59 Å². The molecule has 0 spiro atoms. The SMILES string of the molecule is CCOC(CNC(=O)Cc1ccc(/C=C/C(=O)OC(C)(C)C)cc1)OCC. The molecule has 0 unspecified atom stereocenters. The van der Waals surface area contributed by atoms with Crippen LogP contribution in [0.15, 0.2) is 30.3 Å². The number of rotatable bonds is 10. The fourth-order valence-corrected chi connectivity index (χ4v) is 2.23. The quantitative estimate of drug-likeness (QED) is 0.385. The van der Waals surface area contributed by atoms with Crippen LogP contribution < -0.4 is 5.32 Å². The number of esters is 1. The predicted octanol–water partition coefficient (Wildman–Crippen LogP) is 3.10. The molecule has 0 aromatic heterocycles. The highest BCUT2D eigenvalue weighted by Crippen LogP contribution is 2.10. The fourth-order valence-electron chi connectivity index (χ4n) is 2.23. The molecule has 0 atom stereocenters. The molecule has 0 radical (unpaired) electrons. The zero-order valence-electron chi connectivity index (χ0n) is 16.9. The molecule has 1 aromatic carbocycles. The molecule has 0 saturated heterocycles. The maximum atomic E-state index is 12.1. The van der Waals surface area contributed by atoms with Gasteiger partial charge in [-0.25, -0.2) is 4.79 Å². The topological polar surface area (TPSA) is 73.9 Å². The van der Waals surface area contributed by atoms with Crippen LogP contribution in [0.5, 0.6) is 0 Å². The minimum absolute atomic E-state index is 0.101. The van der Waals surface area contributed by atoms with Crippen LogP contribution in [0.3, 0.4) is 0 Å². The van der Waals surface area contributed by atoms with E-state index < -0.39 is 11.9 Å². The molecular formula is C21H31NO5. The summed E-state index contributed by atoms with van der Waals surface area (Å²) in [6, 6.07) is 7.42. The molecule has 1 amide bonds. The third-order valence-electron chi connectivity index (χ3n) is 3.33. The van der Waals surface area contributed by atoms with Gasteiger partial charge in [-0.3, -0.25) is 4.79 Å². The van der Waals surface area contributed by atoms with Gasteiger partial charge in [-0.1, -0.05) is 24.3 Å². The van der Waals surface area contributed by atoms with Crippen molar-refractivity contribution >= 4 is 18.0 Å². The average molecular weight is 377 g/mol. The van der Waals surface area contributed by atoms with E-state index in [4.69, 9.17) is 14.2 Å². The van der Waals surface area contributed by atoms with Crippen LogP contribution in [-0.2, 0) is 30.2 Å². The second-order valence-electron chi connectivity index (χ2n) is 6.93. The lowest BCUT2D eigenvalue weighted by Gasteiger charge is -2.17. The molecule has 6 nitrogen and oxygen atoms in total. The van der Waals surface area contributed by atoms with Crippen LogP contribution in [-0.4, -0.2) is 43.5 Å². The summed E-state index contributed by atoms with van der Waals surface area (Å²) in [5, 5.41) is 2.81. The fraction of sp³-hybridized carbons (Fsp3) is 0.524. The van der Waals surface area contributed by atoms with Crippen molar-refractivity contribution in [2.45, 2.75) is 52.9 Å². The zero-order chi connectivity index (χ0) is 20.3. The molecule has 0 heterocycles. The normalized spacial score (nSPS) is 11.8. The molecule has 0 bridgehead atoms. The van der Waals surface area contributed by atoms with Gasteiger partial charge in [0.15, 0.2) is 6.29 Å². The number of nitrogens with one attached hydrogen (secondary N) is 1. The smallest absolute Gasteiger partial charge is 0.331 e. The Bertz CT molecular complexity index is 610. The van der Waals surface area contributed by atoms with E-state index in [2.05, 4.69) is 5.32 Å². The number of carbonyl (C=O) groups excluding carboxylic acids is 2. The van der Waals surface area contributed by atoms with Crippen LogP contribution in [0.4, 0.5) is 0 Å². The standard InChI is InChI=1S/C21H31NO5/c1-6-25-20(26-7-2)15-22-18(23)14-17-10-8-16(9-11-17)12-13-19(24)27-21(3,4)5/h8-13,20H,6-7,14-15H2,1-5H3,(H,22,23)/b13-12+. The first-order valence-electron chi connectivity index (χ1n) is 9.23. The van der Waals surface area contributed by atoms with Crippen molar-refractivity contribution in [2.75, 3.05) is 19.8 Å². The average Bonchev–Trinajstić information content (AvgIpc) is 2.58. The Morgan fingerprint density at radius 2 is 1.67 bits per heavy atom. The molecule has 0 aliphatic carbocycles. The Morgan fingerprint density at radius 3 is 2.19 bits per heavy atom. The molecule has 150 valence electrons. The minimum atomic E-state index is -0.512. The van der Waals surface area contributed by atoms with Crippen molar-refractivity contribution in [3.63, 3.8) is 0 Å². The third kappa shape index (κ3) is 10.5. The van der Waals surface area contributed by atoms with Crippen LogP contribution in [0.25, 0.3) is 6.08 Å². The van der Waals surface area contributed by atoms with Gasteiger partial charge in [0, 0.05) is 19.3 Å². The Balaban J connectivity index is 2.49. The summed E-state index contributed by atoms with van der Waals surface area (Å²) >= 11 is 0.